The van der Waals surface area contributed by atoms with Crippen LogP contribution in [0, 0.1) is 0 Å². The quantitative estimate of drug-likeness (QED) is 0.791. The molecule has 0 saturated heterocycles. The number of imidazole rings is 1. The van der Waals surface area contributed by atoms with Crippen molar-refractivity contribution in [2.45, 2.75) is 13.3 Å². The number of carbonyl (C=O) groups excluding carboxylic acids is 1. The zero-order valence-corrected chi connectivity index (χ0v) is 13.6. The molecule has 0 saturated carbocycles. The van der Waals surface area contributed by atoms with E-state index in [1.165, 1.54) is 0 Å². The number of methoxy groups -OCH3 is 1. The number of halogens is 1. The van der Waals surface area contributed by atoms with E-state index in [1.54, 1.807) is 25.3 Å². The lowest BCUT2D eigenvalue weighted by molar-refractivity contribution is 0.102. The molecule has 2 heterocycles. The number of carbonyl (C=O) groups is 1. The van der Waals surface area contributed by atoms with Crippen LogP contribution in [0.4, 0.5) is 5.69 Å². The number of anilines is 1. The zero-order valence-electron chi connectivity index (χ0n) is 12.8. The van der Waals surface area contributed by atoms with Crippen molar-refractivity contribution in [1.29, 1.82) is 0 Å². The lowest BCUT2D eigenvalue weighted by atomic mass is 10.2. The second-order valence-corrected chi connectivity index (χ2v) is 5.40. The first kappa shape index (κ1) is 15.4. The van der Waals surface area contributed by atoms with Crippen LogP contribution in [0.1, 0.15) is 23.2 Å². The first-order valence-corrected chi connectivity index (χ1v) is 7.62. The molecule has 5 nitrogen and oxygen atoms in total. The van der Waals surface area contributed by atoms with Crippen molar-refractivity contribution in [3.05, 3.63) is 59.1 Å². The molecule has 0 atom stereocenters. The van der Waals surface area contributed by atoms with Gasteiger partial charge in [0.15, 0.2) is 5.69 Å². The second-order valence-electron chi connectivity index (χ2n) is 4.99. The van der Waals surface area contributed by atoms with Crippen molar-refractivity contribution in [3.63, 3.8) is 0 Å². The Balaban J connectivity index is 1.93. The molecule has 1 aromatic carbocycles. The number of pyridine rings is 1. The number of amides is 1. The monoisotopic (exact) mass is 329 g/mol. The number of rotatable bonds is 4. The normalized spacial score (nSPS) is 10.7. The van der Waals surface area contributed by atoms with Gasteiger partial charge >= 0.3 is 0 Å². The summed E-state index contributed by atoms with van der Waals surface area (Å²) in [7, 11) is 1.54. The molecule has 0 radical (unpaired) electrons. The summed E-state index contributed by atoms with van der Waals surface area (Å²) in [5.74, 6) is 1.14. The molecule has 1 amide bonds. The van der Waals surface area contributed by atoms with E-state index in [9.17, 15) is 4.79 Å². The largest absolute Gasteiger partial charge is 0.495 e. The van der Waals surface area contributed by atoms with Crippen LogP contribution in [-0.2, 0) is 6.42 Å². The Morgan fingerprint density at radius 1 is 1.35 bits per heavy atom. The highest BCUT2D eigenvalue weighted by Gasteiger charge is 2.17. The Labute approximate surface area is 138 Å². The number of hydrogen-bond donors (Lipinski definition) is 1. The van der Waals surface area contributed by atoms with Crippen molar-refractivity contribution in [2.75, 3.05) is 12.4 Å². The Morgan fingerprint density at radius 2 is 2.17 bits per heavy atom. The molecule has 0 spiro atoms. The number of aryl methyl sites for hydroxylation is 1. The number of aromatic nitrogens is 2. The molecule has 0 fully saturated rings. The molecule has 0 bridgehead atoms. The summed E-state index contributed by atoms with van der Waals surface area (Å²) < 4.78 is 7.03. The molecule has 6 heteroatoms. The van der Waals surface area contributed by atoms with Gasteiger partial charge in [-0.15, -0.1) is 0 Å². The minimum absolute atomic E-state index is 0.269. The topological polar surface area (TPSA) is 55.6 Å². The van der Waals surface area contributed by atoms with Gasteiger partial charge in [0, 0.05) is 18.3 Å². The fraction of sp³-hybridized carbons (Fsp3) is 0.176. The van der Waals surface area contributed by atoms with Gasteiger partial charge in [-0.25, -0.2) is 4.98 Å². The van der Waals surface area contributed by atoms with Gasteiger partial charge in [-0.2, -0.15) is 0 Å². The highest BCUT2D eigenvalue weighted by molar-refractivity contribution is 6.32. The van der Waals surface area contributed by atoms with E-state index < -0.39 is 0 Å². The molecule has 1 N–H and O–H groups in total. The highest BCUT2D eigenvalue weighted by atomic mass is 35.5. The van der Waals surface area contributed by atoms with Gasteiger partial charge in [-0.3, -0.25) is 4.79 Å². The van der Waals surface area contributed by atoms with Crippen LogP contribution in [-0.4, -0.2) is 22.4 Å². The van der Waals surface area contributed by atoms with E-state index in [2.05, 4.69) is 10.3 Å². The van der Waals surface area contributed by atoms with E-state index in [1.807, 2.05) is 35.7 Å². The minimum atomic E-state index is -0.269. The van der Waals surface area contributed by atoms with Crippen LogP contribution in [0.2, 0.25) is 5.02 Å². The van der Waals surface area contributed by atoms with Crippen molar-refractivity contribution < 1.29 is 9.53 Å². The number of nitrogens with one attached hydrogen (secondary N) is 1. The molecule has 23 heavy (non-hydrogen) atoms. The van der Waals surface area contributed by atoms with Crippen LogP contribution in [0.3, 0.4) is 0 Å². The van der Waals surface area contributed by atoms with Gasteiger partial charge in [0.05, 0.1) is 17.6 Å². The average molecular weight is 330 g/mol. The van der Waals surface area contributed by atoms with E-state index in [-0.39, 0.29) is 5.91 Å². The predicted octanol–water partition coefficient (Wildman–Crippen LogP) is 3.81. The number of ether oxygens (including phenoxy) is 1. The standard InChI is InChI=1S/C17H16ClN3O2/c1-3-15-20-16(13-6-4-5-9-21(13)15)17(22)19-11-7-8-14(23-2)12(18)10-11/h4-10H,3H2,1-2H3,(H,19,22). The lowest BCUT2D eigenvalue weighted by Gasteiger charge is -2.07. The Kier molecular flexibility index (Phi) is 4.21. The molecular weight excluding hydrogens is 314 g/mol. The summed E-state index contributed by atoms with van der Waals surface area (Å²) in [6.07, 6.45) is 2.65. The van der Waals surface area contributed by atoms with Crippen LogP contribution in [0.25, 0.3) is 5.52 Å². The number of hydrogen-bond acceptors (Lipinski definition) is 3. The van der Waals surface area contributed by atoms with E-state index in [0.29, 0.717) is 22.2 Å². The number of nitrogens with zero attached hydrogens (tertiary/aromatic N) is 2. The van der Waals surface area contributed by atoms with Crippen molar-refractivity contribution >= 4 is 28.7 Å². The summed E-state index contributed by atoms with van der Waals surface area (Å²) in [6.45, 7) is 2.01. The van der Waals surface area contributed by atoms with Crippen LogP contribution >= 0.6 is 11.6 Å². The SMILES string of the molecule is CCc1nc(C(=O)Nc2ccc(OC)c(Cl)c2)c2ccccn12. The number of benzene rings is 1. The molecule has 3 aromatic rings. The fourth-order valence-corrected chi connectivity index (χ4v) is 2.71. The first-order valence-electron chi connectivity index (χ1n) is 7.25. The van der Waals surface area contributed by atoms with Gasteiger partial charge in [0.25, 0.3) is 5.91 Å². The van der Waals surface area contributed by atoms with Crippen LogP contribution in [0.15, 0.2) is 42.6 Å². The predicted molar refractivity (Wildman–Crippen MR) is 90.5 cm³/mol. The van der Waals surface area contributed by atoms with Crippen molar-refractivity contribution in [2.24, 2.45) is 0 Å². The molecule has 3 rings (SSSR count). The second kappa shape index (κ2) is 6.30. The molecule has 118 valence electrons. The van der Waals surface area contributed by atoms with E-state index >= 15 is 0 Å². The van der Waals surface area contributed by atoms with E-state index in [0.717, 1.165) is 17.8 Å². The maximum Gasteiger partial charge on any atom is 0.276 e. The maximum atomic E-state index is 12.6. The van der Waals surface area contributed by atoms with Gasteiger partial charge in [0.2, 0.25) is 0 Å². The molecule has 2 aromatic heterocycles. The fourth-order valence-electron chi connectivity index (χ4n) is 2.45. The third-order valence-corrected chi connectivity index (χ3v) is 3.86. The van der Waals surface area contributed by atoms with Crippen LogP contribution < -0.4 is 10.1 Å². The molecule has 0 aliphatic carbocycles. The summed E-state index contributed by atoms with van der Waals surface area (Å²) >= 11 is 6.08. The molecule has 0 aliphatic rings. The minimum Gasteiger partial charge on any atom is -0.495 e. The van der Waals surface area contributed by atoms with Crippen molar-refractivity contribution in [3.8, 4) is 5.75 Å². The maximum absolute atomic E-state index is 12.6. The molecule has 0 aliphatic heterocycles. The Morgan fingerprint density at radius 3 is 2.87 bits per heavy atom. The van der Waals surface area contributed by atoms with Crippen LogP contribution in [0.5, 0.6) is 5.75 Å². The summed E-state index contributed by atoms with van der Waals surface area (Å²) in [5, 5.41) is 3.26. The number of fused-ring (bicyclic) bond motifs is 1. The van der Waals surface area contributed by atoms with Crippen molar-refractivity contribution in [1.82, 2.24) is 9.38 Å². The van der Waals surface area contributed by atoms with Gasteiger partial charge in [-0.05, 0) is 30.3 Å². The third-order valence-electron chi connectivity index (χ3n) is 3.56. The third kappa shape index (κ3) is 2.87. The lowest BCUT2D eigenvalue weighted by Crippen LogP contribution is -2.13. The van der Waals surface area contributed by atoms with Gasteiger partial charge in [0.1, 0.15) is 11.6 Å². The summed E-state index contributed by atoms with van der Waals surface area (Å²) in [4.78, 5) is 17.0. The molecule has 0 unspecified atom stereocenters. The molecular formula is C17H16ClN3O2. The Hall–Kier alpha value is -2.53. The Bertz CT molecular complexity index is 873. The average Bonchev–Trinajstić information content (AvgIpc) is 2.94. The highest BCUT2D eigenvalue weighted by Crippen LogP contribution is 2.27. The first-order chi connectivity index (χ1) is 11.1. The summed E-state index contributed by atoms with van der Waals surface area (Å²) in [6, 6.07) is 10.8. The smallest absolute Gasteiger partial charge is 0.276 e. The zero-order chi connectivity index (χ0) is 16.4. The van der Waals surface area contributed by atoms with E-state index in [4.69, 9.17) is 16.3 Å². The van der Waals surface area contributed by atoms with Gasteiger partial charge < -0.3 is 14.5 Å². The van der Waals surface area contributed by atoms with Gasteiger partial charge in [-0.1, -0.05) is 24.6 Å². The summed E-state index contributed by atoms with van der Waals surface area (Å²) in [5.41, 5.74) is 1.77.